The van der Waals surface area contributed by atoms with Crippen molar-refractivity contribution in [3.8, 4) is 5.75 Å². The molecule has 1 aromatic rings. The van der Waals surface area contributed by atoms with Gasteiger partial charge in [-0.25, -0.2) is 9.18 Å². The maximum atomic E-state index is 13.2. The summed E-state index contributed by atoms with van der Waals surface area (Å²) in [5.74, 6) is -1.70. The molecule has 0 bridgehead atoms. The van der Waals surface area contributed by atoms with Gasteiger partial charge in [0.1, 0.15) is 11.6 Å². The van der Waals surface area contributed by atoms with Crippen LogP contribution < -0.4 is 4.74 Å². The van der Waals surface area contributed by atoms with Crippen molar-refractivity contribution in [2.75, 3.05) is 0 Å². The average Bonchev–Trinajstić information content (AvgIpc) is 2.17. The van der Waals surface area contributed by atoms with Crippen molar-refractivity contribution >= 4 is 5.97 Å². The van der Waals surface area contributed by atoms with E-state index in [1.54, 1.807) is 0 Å². The van der Waals surface area contributed by atoms with Gasteiger partial charge in [-0.05, 0) is 25.5 Å². The summed E-state index contributed by atoms with van der Waals surface area (Å²) in [6.07, 6.45) is 0.794. The van der Waals surface area contributed by atoms with Crippen LogP contribution in [0.2, 0.25) is 0 Å². The molecule has 1 rings (SSSR count). The number of rotatable bonds is 4. The molecule has 0 heterocycles. The molecule has 0 amide bonds. The lowest BCUT2D eigenvalue weighted by molar-refractivity contribution is 0.0692. The van der Waals surface area contributed by atoms with E-state index in [-0.39, 0.29) is 11.7 Å². The van der Waals surface area contributed by atoms with E-state index in [0.29, 0.717) is 5.75 Å². The van der Waals surface area contributed by atoms with Crippen LogP contribution in [-0.4, -0.2) is 17.2 Å². The van der Waals surface area contributed by atoms with E-state index < -0.39 is 11.8 Å². The van der Waals surface area contributed by atoms with Crippen molar-refractivity contribution < 1.29 is 19.0 Å². The van der Waals surface area contributed by atoms with E-state index in [2.05, 4.69) is 0 Å². The number of carbonyl (C=O) groups is 1. The Bertz CT molecular complexity index is 363. The molecule has 15 heavy (non-hydrogen) atoms. The van der Waals surface area contributed by atoms with Gasteiger partial charge in [0.05, 0.1) is 11.7 Å². The van der Waals surface area contributed by atoms with Crippen LogP contribution in [0.1, 0.15) is 30.6 Å². The number of carboxylic acids is 1. The Morgan fingerprint density at radius 1 is 1.60 bits per heavy atom. The molecule has 0 aliphatic carbocycles. The average molecular weight is 212 g/mol. The molecule has 0 unspecified atom stereocenters. The van der Waals surface area contributed by atoms with Crippen LogP contribution >= 0.6 is 0 Å². The van der Waals surface area contributed by atoms with Crippen molar-refractivity contribution in [3.05, 3.63) is 29.6 Å². The van der Waals surface area contributed by atoms with E-state index in [4.69, 9.17) is 9.84 Å². The molecule has 0 radical (unpaired) electrons. The van der Waals surface area contributed by atoms with Gasteiger partial charge in [-0.3, -0.25) is 0 Å². The van der Waals surface area contributed by atoms with Gasteiger partial charge in [-0.2, -0.15) is 0 Å². The monoisotopic (exact) mass is 212 g/mol. The third kappa shape index (κ3) is 2.94. The molecule has 4 heteroatoms. The summed E-state index contributed by atoms with van der Waals surface area (Å²) in [6.45, 7) is 3.82. The van der Waals surface area contributed by atoms with Crippen LogP contribution in [0.3, 0.4) is 0 Å². The fourth-order valence-corrected chi connectivity index (χ4v) is 1.06. The molecule has 0 aromatic heterocycles. The Hall–Kier alpha value is -1.58. The Balaban J connectivity index is 2.87. The van der Waals surface area contributed by atoms with E-state index in [1.165, 1.54) is 12.1 Å². The second-order valence-corrected chi connectivity index (χ2v) is 3.28. The third-order valence-corrected chi connectivity index (χ3v) is 2.08. The predicted octanol–water partition coefficient (Wildman–Crippen LogP) is 2.70. The molecule has 1 atom stereocenters. The molecule has 3 nitrogen and oxygen atoms in total. The van der Waals surface area contributed by atoms with Crippen LogP contribution in [-0.2, 0) is 0 Å². The molecule has 0 aliphatic rings. The maximum absolute atomic E-state index is 13.2. The summed E-state index contributed by atoms with van der Waals surface area (Å²) < 4.78 is 18.5. The van der Waals surface area contributed by atoms with Crippen LogP contribution in [0.15, 0.2) is 18.2 Å². The Kier molecular flexibility index (Phi) is 3.66. The van der Waals surface area contributed by atoms with Gasteiger partial charge in [0.2, 0.25) is 0 Å². The zero-order valence-corrected chi connectivity index (χ0v) is 8.66. The number of aromatic carboxylic acids is 1. The first kappa shape index (κ1) is 11.5. The Labute approximate surface area is 87.5 Å². The molecular weight excluding hydrogens is 199 g/mol. The highest BCUT2D eigenvalue weighted by Gasteiger charge is 2.11. The lowest BCUT2D eigenvalue weighted by atomic mass is 10.2. The van der Waals surface area contributed by atoms with Crippen LogP contribution in [0.25, 0.3) is 0 Å². The number of hydrogen-bond acceptors (Lipinski definition) is 2. The molecular formula is C11H13FO3. The summed E-state index contributed by atoms with van der Waals surface area (Å²) in [5.41, 5.74) is -0.341. The first-order chi connectivity index (χ1) is 7.04. The highest BCUT2D eigenvalue weighted by atomic mass is 19.1. The highest BCUT2D eigenvalue weighted by Crippen LogP contribution is 2.18. The molecule has 0 saturated carbocycles. The van der Waals surface area contributed by atoms with Crippen molar-refractivity contribution in [2.45, 2.75) is 26.4 Å². The number of halogens is 1. The van der Waals surface area contributed by atoms with E-state index in [1.807, 2.05) is 13.8 Å². The van der Waals surface area contributed by atoms with Gasteiger partial charge >= 0.3 is 5.97 Å². The number of ether oxygens (including phenoxy) is 1. The predicted molar refractivity (Wildman–Crippen MR) is 53.7 cm³/mol. The molecule has 82 valence electrons. The Morgan fingerprint density at radius 2 is 2.27 bits per heavy atom. The van der Waals surface area contributed by atoms with Crippen LogP contribution in [0.4, 0.5) is 4.39 Å². The van der Waals surface area contributed by atoms with Gasteiger partial charge < -0.3 is 9.84 Å². The van der Waals surface area contributed by atoms with Crippen molar-refractivity contribution in [3.63, 3.8) is 0 Å². The first-order valence-corrected chi connectivity index (χ1v) is 4.74. The van der Waals surface area contributed by atoms with Gasteiger partial charge in [0, 0.05) is 6.07 Å². The standard InChI is InChI=1S/C11H13FO3/c1-3-7(2)15-8-4-5-9(11(13)14)10(12)6-8/h4-7H,3H2,1-2H3,(H,13,14)/t7-/m0/s1. The van der Waals surface area contributed by atoms with E-state index in [0.717, 1.165) is 12.5 Å². The van der Waals surface area contributed by atoms with Crippen LogP contribution in [0.5, 0.6) is 5.75 Å². The molecule has 1 aromatic carbocycles. The minimum absolute atomic E-state index is 0.0138. The molecule has 0 spiro atoms. The van der Waals surface area contributed by atoms with Gasteiger partial charge in [0.25, 0.3) is 0 Å². The van der Waals surface area contributed by atoms with Crippen molar-refractivity contribution in [1.82, 2.24) is 0 Å². The summed E-state index contributed by atoms with van der Waals surface area (Å²) >= 11 is 0. The minimum atomic E-state index is -1.28. The number of hydrogen-bond donors (Lipinski definition) is 1. The molecule has 1 N–H and O–H groups in total. The van der Waals surface area contributed by atoms with Gasteiger partial charge in [0.15, 0.2) is 0 Å². The topological polar surface area (TPSA) is 46.5 Å². The van der Waals surface area contributed by atoms with E-state index in [9.17, 15) is 9.18 Å². The third-order valence-electron chi connectivity index (χ3n) is 2.08. The first-order valence-electron chi connectivity index (χ1n) is 4.74. The summed E-state index contributed by atoms with van der Waals surface area (Å²) in [4.78, 5) is 10.5. The smallest absolute Gasteiger partial charge is 0.338 e. The highest BCUT2D eigenvalue weighted by molar-refractivity contribution is 5.88. The maximum Gasteiger partial charge on any atom is 0.338 e. The van der Waals surface area contributed by atoms with E-state index >= 15 is 0 Å². The fourth-order valence-electron chi connectivity index (χ4n) is 1.06. The Morgan fingerprint density at radius 3 is 2.73 bits per heavy atom. The summed E-state index contributed by atoms with van der Waals surface area (Å²) in [5, 5.41) is 8.60. The van der Waals surface area contributed by atoms with Gasteiger partial charge in [-0.15, -0.1) is 0 Å². The second-order valence-electron chi connectivity index (χ2n) is 3.28. The molecule has 0 saturated heterocycles. The normalized spacial score (nSPS) is 12.2. The molecule has 0 aliphatic heterocycles. The number of benzene rings is 1. The second kappa shape index (κ2) is 4.77. The molecule has 0 fully saturated rings. The zero-order valence-electron chi connectivity index (χ0n) is 8.66. The fraction of sp³-hybridized carbons (Fsp3) is 0.364. The zero-order chi connectivity index (χ0) is 11.4. The van der Waals surface area contributed by atoms with Gasteiger partial charge in [-0.1, -0.05) is 6.92 Å². The van der Waals surface area contributed by atoms with Crippen LogP contribution in [0, 0.1) is 5.82 Å². The lowest BCUT2D eigenvalue weighted by Crippen LogP contribution is -2.10. The van der Waals surface area contributed by atoms with Crippen molar-refractivity contribution in [1.29, 1.82) is 0 Å². The summed E-state index contributed by atoms with van der Waals surface area (Å²) in [7, 11) is 0. The quantitative estimate of drug-likeness (QED) is 0.834. The summed E-state index contributed by atoms with van der Waals surface area (Å²) in [6, 6.07) is 3.75. The lowest BCUT2D eigenvalue weighted by Gasteiger charge is -2.12. The van der Waals surface area contributed by atoms with Crippen molar-refractivity contribution in [2.24, 2.45) is 0 Å². The minimum Gasteiger partial charge on any atom is -0.491 e. The number of carboxylic acid groups (broad SMARTS) is 1. The SMILES string of the molecule is CC[C@H](C)Oc1ccc(C(=O)O)c(F)c1. The largest absolute Gasteiger partial charge is 0.491 e.